The van der Waals surface area contributed by atoms with Crippen LogP contribution in [0.15, 0.2) is 78.4 Å². The van der Waals surface area contributed by atoms with Crippen LogP contribution in [0, 0.1) is 5.82 Å². The fourth-order valence-corrected chi connectivity index (χ4v) is 7.46. The second kappa shape index (κ2) is 9.58. The van der Waals surface area contributed by atoms with E-state index in [0.717, 1.165) is 31.4 Å². The van der Waals surface area contributed by atoms with E-state index >= 15 is 4.39 Å². The van der Waals surface area contributed by atoms with Gasteiger partial charge < -0.3 is 4.90 Å². The Labute approximate surface area is 232 Å². The normalized spacial score (nSPS) is 24.4. The summed E-state index contributed by atoms with van der Waals surface area (Å²) < 4.78 is 54.8. The third kappa shape index (κ3) is 4.09. The van der Waals surface area contributed by atoms with E-state index in [9.17, 15) is 18.0 Å². The number of benzene rings is 3. The molecule has 7 heteroatoms. The largest absolute Gasteiger partial charge is 0.416 e. The van der Waals surface area contributed by atoms with Crippen molar-refractivity contribution in [2.75, 3.05) is 20.6 Å². The van der Waals surface area contributed by atoms with E-state index in [1.807, 2.05) is 30.3 Å². The minimum atomic E-state index is -4.68. The second-order valence-electron chi connectivity index (χ2n) is 11.5. The van der Waals surface area contributed by atoms with Crippen molar-refractivity contribution >= 4 is 11.5 Å². The summed E-state index contributed by atoms with van der Waals surface area (Å²) >= 11 is 0. The van der Waals surface area contributed by atoms with Crippen LogP contribution in [0.4, 0.5) is 17.6 Å². The number of hydrogen-bond donors (Lipinski definition) is 0. The van der Waals surface area contributed by atoms with Crippen molar-refractivity contribution in [1.29, 1.82) is 0 Å². The molecule has 6 rings (SSSR count). The van der Waals surface area contributed by atoms with Gasteiger partial charge in [-0.25, -0.2) is 4.39 Å². The standard InChI is InChI=1S/C33H32F4N2O/c1-38(2)31(23-9-4-3-5-10-23)15-17-32(18-16-31)28-20-22-8-6-7-11-25(22)26(28)14-19-39(32)30(40)27-13-12-24(21-29(27)34)33(35,36)37/h3-13,21H,14-20H2,1-2H3. The maximum absolute atomic E-state index is 15.1. The van der Waals surface area contributed by atoms with Crippen LogP contribution in [0.1, 0.15) is 64.7 Å². The molecule has 2 aliphatic carbocycles. The van der Waals surface area contributed by atoms with Crippen LogP contribution < -0.4 is 0 Å². The van der Waals surface area contributed by atoms with Crippen LogP contribution in [0.5, 0.6) is 0 Å². The number of halogens is 4. The molecule has 3 aromatic carbocycles. The van der Waals surface area contributed by atoms with Gasteiger partial charge in [-0.05, 0) is 98.7 Å². The van der Waals surface area contributed by atoms with E-state index < -0.39 is 29.0 Å². The Morgan fingerprint density at radius 3 is 2.23 bits per heavy atom. The minimum Gasteiger partial charge on any atom is -0.329 e. The van der Waals surface area contributed by atoms with Crippen LogP contribution >= 0.6 is 0 Å². The summed E-state index contributed by atoms with van der Waals surface area (Å²) in [5.74, 6) is -1.67. The lowest BCUT2D eigenvalue weighted by atomic mass is 9.63. The summed E-state index contributed by atoms with van der Waals surface area (Å²) in [5, 5.41) is 0. The zero-order chi connectivity index (χ0) is 28.3. The molecular weight excluding hydrogens is 516 g/mol. The van der Waals surface area contributed by atoms with E-state index in [4.69, 9.17) is 0 Å². The maximum atomic E-state index is 15.1. The van der Waals surface area contributed by atoms with Gasteiger partial charge in [0.05, 0.1) is 16.7 Å². The third-order valence-electron chi connectivity index (χ3n) is 9.58. The first-order valence-corrected chi connectivity index (χ1v) is 13.8. The topological polar surface area (TPSA) is 23.6 Å². The molecular formula is C33H32F4N2O. The quantitative estimate of drug-likeness (QED) is 0.317. The summed E-state index contributed by atoms with van der Waals surface area (Å²) in [6.07, 6.45) is -0.375. The summed E-state index contributed by atoms with van der Waals surface area (Å²) in [4.78, 5) is 18.1. The molecule has 0 saturated heterocycles. The van der Waals surface area contributed by atoms with Crippen molar-refractivity contribution in [3.05, 3.63) is 112 Å². The highest BCUT2D eigenvalue weighted by molar-refractivity contribution is 5.96. The lowest BCUT2D eigenvalue weighted by Gasteiger charge is -2.56. The Morgan fingerprint density at radius 2 is 1.57 bits per heavy atom. The van der Waals surface area contributed by atoms with Gasteiger partial charge in [0.2, 0.25) is 0 Å². The van der Waals surface area contributed by atoms with E-state index in [2.05, 4.69) is 43.3 Å². The molecule has 1 heterocycles. The summed E-state index contributed by atoms with van der Waals surface area (Å²) in [5.41, 5.74) is 3.90. The first kappa shape index (κ1) is 26.8. The van der Waals surface area contributed by atoms with Gasteiger partial charge in [-0.3, -0.25) is 9.69 Å². The molecule has 0 aromatic heterocycles. The van der Waals surface area contributed by atoms with Crippen LogP contribution in [0.25, 0.3) is 5.57 Å². The van der Waals surface area contributed by atoms with Crippen LogP contribution in [0.2, 0.25) is 0 Å². The van der Waals surface area contributed by atoms with Crippen LogP contribution in [0.3, 0.4) is 0 Å². The number of carbonyl (C=O) groups is 1. The Bertz CT molecular complexity index is 1480. The first-order valence-electron chi connectivity index (χ1n) is 13.8. The first-order chi connectivity index (χ1) is 19.1. The van der Waals surface area contributed by atoms with Gasteiger partial charge in [-0.1, -0.05) is 54.6 Å². The number of carbonyl (C=O) groups excluding carboxylic acids is 1. The molecule has 3 nitrogen and oxygen atoms in total. The number of alkyl halides is 3. The molecule has 1 amide bonds. The number of fused-ring (bicyclic) bond motifs is 3. The SMILES string of the molecule is CN(C)C1(c2ccccc2)CCC2(CC1)C1=C(CCN2C(=O)c2ccc(C(F)(F)F)cc2F)c2ccccc2C1. The van der Waals surface area contributed by atoms with Crippen LogP contribution in [-0.4, -0.2) is 41.9 Å². The molecule has 1 spiro atoms. The molecule has 40 heavy (non-hydrogen) atoms. The highest BCUT2D eigenvalue weighted by Gasteiger charge is 2.54. The van der Waals surface area contributed by atoms with Gasteiger partial charge in [0.1, 0.15) is 5.82 Å². The Balaban J connectivity index is 1.42. The zero-order valence-electron chi connectivity index (χ0n) is 22.7. The summed E-state index contributed by atoms with van der Waals surface area (Å²) in [6, 6.07) is 20.9. The highest BCUT2D eigenvalue weighted by Crippen LogP contribution is 2.55. The second-order valence-corrected chi connectivity index (χ2v) is 11.5. The predicted molar refractivity (Wildman–Crippen MR) is 147 cm³/mol. The predicted octanol–water partition coefficient (Wildman–Crippen LogP) is 7.47. The molecule has 0 N–H and O–H groups in total. The zero-order valence-corrected chi connectivity index (χ0v) is 22.7. The molecule has 0 atom stereocenters. The maximum Gasteiger partial charge on any atom is 0.416 e. The fraction of sp³-hybridized carbons (Fsp3) is 0.364. The lowest BCUT2D eigenvalue weighted by molar-refractivity contribution is -0.137. The molecule has 1 aliphatic heterocycles. The Hall–Kier alpha value is -3.45. The molecule has 0 unspecified atom stereocenters. The van der Waals surface area contributed by atoms with Gasteiger partial charge in [-0.2, -0.15) is 13.2 Å². The van der Waals surface area contributed by atoms with Crippen molar-refractivity contribution in [1.82, 2.24) is 9.80 Å². The molecule has 3 aromatic rings. The van der Waals surface area contributed by atoms with E-state index in [1.54, 1.807) is 4.90 Å². The smallest absolute Gasteiger partial charge is 0.329 e. The minimum absolute atomic E-state index is 0.218. The van der Waals surface area contributed by atoms with E-state index in [1.165, 1.54) is 27.8 Å². The molecule has 3 aliphatic rings. The van der Waals surface area contributed by atoms with Crippen LogP contribution in [-0.2, 0) is 18.1 Å². The lowest BCUT2D eigenvalue weighted by Crippen LogP contribution is -2.60. The van der Waals surface area contributed by atoms with Crippen molar-refractivity contribution in [2.24, 2.45) is 0 Å². The number of nitrogens with zero attached hydrogens (tertiary/aromatic N) is 2. The Kier molecular flexibility index (Phi) is 6.41. The number of amides is 1. The molecule has 1 fully saturated rings. The van der Waals surface area contributed by atoms with E-state index in [0.29, 0.717) is 31.9 Å². The van der Waals surface area contributed by atoms with Crippen molar-refractivity contribution < 1.29 is 22.4 Å². The van der Waals surface area contributed by atoms with E-state index in [-0.39, 0.29) is 11.1 Å². The number of hydrogen-bond acceptors (Lipinski definition) is 2. The average molecular weight is 549 g/mol. The Morgan fingerprint density at radius 1 is 0.900 bits per heavy atom. The number of rotatable bonds is 3. The molecule has 1 saturated carbocycles. The van der Waals surface area contributed by atoms with Gasteiger partial charge in [-0.15, -0.1) is 0 Å². The van der Waals surface area contributed by atoms with Crippen molar-refractivity contribution in [3.8, 4) is 0 Å². The summed E-state index contributed by atoms with van der Waals surface area (Å²) in [6.45, 7) is 0.396. The van der Waals surface area contributed by atoms with Gasteiger partial charge in [0.15, 0.2) is 0 Å². The monoisotopic (exact) mass is 548 g/mol. The fourth-order valence-electron chi connectivity index (χ4n) is 7.46. The van der Waals surface area contributed by atoms with Gasteiger partial charge in [0.25, 0.3) is 5.91 Å². The summed E-state index contributed by atoms with van der Waals surface area (Å²) in [7, 11) is 4.17. The molecule has 0 bridgehead atoms. The van der Waals surface area contributed by atoms with Crippen molar-refractivity contribution in [3.63, 3.8) is 0 Å². The molecule has 208 valence electrons. The molecule has 0 radical (unpaired) electrons. The average Bonchev–Trinajstić information content (AvgIpc) is 3.33. The highest BCUT2D eigenvalue weighted by atomic mass is 19.4. The van der Waals surface area contributed by atoms with Gasteiger partial charge in [0, 0.05) is 12.1 Å². The van der Waals surface area contributed by atoms with Crippen molar-refractivity contribution in [2.45, 2.75) is 55.8 Å². The van der Waals surface area contributed by atoms with Gasteiger partial charge >= 0.3 is 6.18 Å². The third-order valence-corrected chi connectivity index (χ3v) is 9.58.